The first-order valence-electron chi connectivity index (χ1n) is 2.76. The standard InChI is InChI=1S/C8H8O/c1-3-5-6-7-8(9)4-2/h4H2,1-2H3. The molecule has 0 radical (unpaired) electrons. The molecule has 0 aliphatic carbocycles. The summed E-state index contributed by atoms with van der Waals surface area (Å²) in [7, 11) is 0. The zero-order valence-electron chi connectivity index (χ0n) is 5.62. The fourth-order valence-electron chi connectivity index (χ4n) is 0.252. The summed E-state index contributed by atoms with van der Waals surface area (Å²) in [6, 6.07) is 0. The lowest BCUT2D eigenvalue weighted by molar-refractivity contribution is -0.113. The first-order valence-corrected chi connectivity index (χ1v) is 2.76. The lowest BCUT2D eigenvalue weighted by Gasteiger charge is -1.73. The van der Waals surface area contributed by atoms with Gasteiger partial charge in [-0.05, 0) is 24.7 Å². The zero-order valence-corrected chi connectivity index (χ0v) is 5.62. The van der Waals surface area contributed by atoms with E-state index >= 15 is 0 Å². The Kier molecular flexibility index (Phi) is 4.27. The Morgan fingerprint density at radius 3 is 2.56 bits per heavy atom. The molecule has 0 bridgehead atoms. The SMILES string of the molecule is CC#CC#CC(=O)CC. The maximum absolute atomic E-state index is 10.4. The highest BCUT2D eigenvalue weighted by Gasteiger charge is 1.84. The summed E-state index contributed by atoms with van der Waals surface area (Å²) in [5, 5.41) is 0. The largest absolute Gasteiger partial charge is 0.285 e. The van der Waals surface area contributed by atoms with E-state index in [0.717, 1.165) is 0 Å². The van der Waals surface area contributed by atoms with Gasteiger partial charge in [0.1, 0.15) is 0 Å². The minimum Gasteiger partial charge on any atom is -0.285 e. The molecule has 0 amide bonds. The maximum atomic E-state index is 10.4. The smallest absolute Gasteiger partial charge is 0.206 e. The van der Waals surface area contributed by atoms with Crippen molar-refractivity contribution in [3.05, 3.63) is 0 Å². The van der Waals surface area contributed by atoms with Crippen molar-refractivity contribution >= 4 is 5.78 Å². The molecule has 0 saturated heterocycles. The van der Waals surface area contributed by atoms with Gasteiger partial charge in [-0.2, -0.15) is 0 Å². The second kappa shape index (κ2) is 4.94. The van der Waals surface area contributed by atoms with E-state index in [4.69, 9.17) is 0 Å². The Morgan fingerprint density at radius 2 is 2.11 bits per heavy atom. The van der Waals surface area contributed by atoms with E-state index in [1.807, 2.05) is 0 Å². The quantitative estimate of drug-likeness (QED) is 0.372. The van der Waals surface area contributed by atoms with Crippen molar-refractivity contribution in [2.24, 2.45) is 0 Å². The summed E-state index contributed by atoms with van der Waals surface area (Å²) >= 11 is 0. The van der Waals surface area contributed by atoms with Gasteiger partial charge in [0.05, 0.1) is 0 Å². The summed E-state index contributed by atoms with van der Waals surface area (Å²) in [5.41, 5.74) is 0. The first kappa shape index (κ1) is 7.79. The molecule has 1 heteroatoms. The van der Waals surface area contributed by atoms with Crippen LogP contribution >= 0.6 is 0 Å². The monoisotopic (exact) mass is 120 g/mol. The third-order valence-corrected chi connectivity index (χ3v) is 0.711. The Hall–Kier alpha value is -1.21. The van der Waals surface area contributed by atoms with Crippen LogP contribution in [-0.4, -0.2) is 5.78 Å². The number of Topliss-reactive ketones (excluding diaryl/α,β-unsaturated/α-hetero) is 1. The minimum atomic E-state index is -0.0576. The number of rotatable bonds is 1. The molecule has 0 saturated carbocycles. The molecule has 0 aliphatic heterocycles. The van der Waals surface area contributed by atoms with Gasteiger partial charge in [-0.25, -0.2) is 0 Å². The molecule has 0 heterocycles. The van der Waals surface area contributed by atoms with E-state index in [1.54, 1.807) is 13.8 Å². The number of carbonyl (C=O) groups excluding carboxylic acids is 1. The van der Waals surface area contributed by atoms with Crippen molar-refractivity contribution in [1.29, 1.82) is 0 Å². The molecular formula is C8H8O. The molecule has 0 aromatic carbocycles. The molecule has 1 nitrogen and oxygen atoms in total. The van der Waals surface area contributed by atoms with Crippen LogP contribution in [0, 0.1) is 23.7 Å². The second-order valence-corrected chi connectivity index (χ2v) is 1.40. The first-order chi connectivity index (χ1) is 4.31. The fourth-order valence-corrected chi connectivity index (χ4v) is 0.252. The van der Waals surface area contributed by atoms with Crippen molar-refractivity contribution in [3.63, 3.8) is 0 Å². The van der Waals surface area contributed by atoms with Crippen molar-refractivity contribution in [3.8, 4) is 23.7 Å². The van der Waals surface area contributed by atoms with E-state index in [9.17, 15) is 4.79 Å². The molecule has 0 unspecified atom stereocenters. The van der Waals surface area contributed by atoms with E-state index in [-0.39, 0.29) is 5.78 Å². The number of carbonyl (C=O) groups is 1. The maximum Gasteiger partial charge on any atom is 0.206 e. The summed E-state index contributed by atoms with van der Waals surface area (Å²) < 4.78 is 0. The van der Waals surface area contributed by atoms with Crippen molar-refractivity contribution < 1.29 is 4.79 Å². The highest BCUT2D eigenvalue weighted by atomic mass is 16.1. The van der Waals surface area contributed by atoms with Gasteiger partial charge < -0.3 is 0 Å². The molecule has 0 aromatic heterocycles. The van der Waals surface area contributed by atoms with Crippen LogP contribution in [0.4, 0.5) is 0 Å². The van der Waals surface area contributed by atoms with Gasteiger partial charge in [0.2, 0.25) is 5.78 Å². The molecule has 9 heavy (non-hydrogen) atoms. The molecule has 0 spiro atoms. The van der Waals surface area contributed by atoms with E-state index < -0.39 is 0 Å². The van der Waals surface area contributed by atoms with Gasteiger partial charge in [0.15, 0.2) is 0 Å². The molecule has 0 atom stereocenters. The van der Waals surface area contributed by atoms with Gasteiger partial charge >= 0.3 is 0 Å². The van der Waals surface area contributed by atoms with Crippen LogP contribution in [0.15, 0.2) is 0 Å². The van der Waals surface area contributed by atoms with Crippen LogP contribution in [0.25, 0.3) is 0 Å². The van der Waals surface area contributed by atoms with Crippen molar-refractivity contribution in [2.45, 2.75) is 20.3 Å². The van der Waals surface area contributed by atoms with Gasteiger partial charge in [0.25, 0.3) is 0 Å². The number of hydrogen-bond donors (Lipinski definition) is 0. The minimum absolute atomic E-state index is 0.0576. The van der Waals surface area contributed by atoms with Gasteiger partial charge in [-0.3, -0.25) is 4.79 Å². The Bertz CT molecular complexity index is 204. The van der Waals surface area contributed by atoms with E-state index in [0.29, 0.717) is 6.42 Å². The van der Waals surface area contributed by atoms with Crippen LogP contribution in [-0.2, 0) is 4.79 Å². The highest BCUT2D eigenvalue weighted by molar-refractivity contribution is 5.95. The normalized spacial score (nSPS) is 6.00. The molecule has 0 N–H and O–H groups in total. The number of hydrogen-bond acceptors (Lipinski definition) is 1. The average molecular weight is 120 g/mol. The predicted molar refractivity (Wildman–Crippen MR) is 36.5 cm³/mol. The lowest BCUT2D eigenvalue weighted by atomic mass is 10.3. The summed E-state index contributed by atoms with van der Waals surface area (Å²) in [4.78, 5) is 10.4. The van der Waals surface area contributed by atoms with E-state index in [2.05, 4.69) is 23.7 Å². The summed E-state index contributed by atoms with van der Waals surface area (Å²) in [6.45, 7) is 3.46. The Balaban J connectivity index is 3.83. The Labute approximate surface area is 55.5 Å². The molecule has 0 aliphatic rings. The van der Waals surface area contributed by atoms with Crippen molar-refractivity contribution in [2.75, 3.05) is 0 Å². The third-order valence-electron chi connectivity index (χ3n) is 0.711. The van der Waals surface area contributed by atoms with Crippen LogP contribution in [0.5, 0.6) is 0 Å². The predicted octanol–water partition coefficient (Wildman–Crippen LogP) is 0.992. The summed E-state index contributed by atoms with van der Waals surface area (Å²) in [6.07, 6.45) is 0.471. The average Bonchev–Trinajstić information content (AvgIpc) is 1.89. The second-order valence-electron chi connectivity index (χ2n) is 1.40. The van der Waals surface area contributed by atoms with Crippen LogP contribution in [0.3, 0.4) is 0 Å². The van der Waals surface area contributed by atoms with Gasteiger partial charge in [-0.1, -0.05) is 12.8 Å². The topological polar surface area (TPSA) is 17.1 Å². The fraction of sp³-hybridized carbons (Fsp3) is 0.375. The Morgan fingerprint density at radius 1 is 1.44 bits per heavy atom. The highest BCUT2D eigenvalue weighted by Crippen LogP contribution is 1.74. The van der Waals surface area contributed by atoms with Crippen molar-refractivity contribution in [1.82, 2.24) is 0 Å². The zero-order chi connectivity index (χ0) is 7.11. The van der Waals surface area contributed by atoms with Crippen LogP contribution in [0.2, 0.25) is 0 Å². The molecule has 0 aromatic rings. The molecular weight excluding hydrogens is 112 g/mol. The molecule has 46 valence electrons. The van der Waals surface area contributed by atoms with E-state index in [1.165, 1.54) is 0 Å². The summed E-state index contributed by atoms with van der Waals surface area (Å²) in [5.74, 6) is 9.79. The van der Waals surface area contributed by atoms with Crippen LogP contribution < -0.4 is 0 Å². The molecule has 0 rings (SSSR count). The molecule has 0 fully saturated rings. The van der Waals surface area contributed by atoms with Gasteiger partial charge in [0, 0.05) is 6.42 Å². The van der Waals surface area contributed by atoms with Crippen LogP contribution in [0.1, 0.15) is 20.3 Å². The third kappa shape index (κ3) is 4.65. The number of ketones is 1. The lowest BCUT2D eigenvalue weighted by Crippen LogP contribution is -1.86. The van der Waals surface area contributed by atoms with Gasteiger partial charge in [-0.15, -0.1) is 0 Å².